The summed E-state index contributed by atoms with van der Waals surface area (Å²) in [5, 5.41) is 10.9. The summed E-state index contributed by atoms with van der Waals surface area (Å²) in [5.74, 6) is 1.54. The number of nitro groups is 1. The molecule has 116 valence electrons. The average Bonchev–Trinajstić information content (AvgIpc) is 2.85. The number of aryl methyl sites for hydroxylation is 1. The van der Waals surface area contributed by atoms with Gasteiger partial charge in [0.15, 0.2) is 0 Å². The summed E-state index contributed by atoms with van der Waals surface area (Å²) in [4.78, 5) is 17.1. The van der Waals surface area contributed by atoms with Crippen LogP contribution in [0.15, 0.2) is 12.3 Å². The Bertz CT molecular complexity index is 507. The van der Waals surface area contributed by atoms with Crippen LogP contribution in [0.3, 0.4) is 0 Å². The Labute approximate surface area is 125 Å². The van der Waals surface area contributed by atoms with Crippen molar-refractivity contribution in [1.29, 1.82) is 0 Å². The second-order valence-corrected chi connectivity index (χ2v) is 5.84. The summed E-state index contributed by atoms with van der Waals surface area (Å²) in [7, 11) is 1.68. The van der Waals surface area contributed by atoms with Gasteiger partial charge >= 0.3 is 0 Å². The van der Waals surface area contributed by atoms with Crippen LogP contribution >= 0.6 is 0 Å². The number of nitrogens with zero attached hydrogens (tertiary/aromatic N) is 3. The molecule has 2 unspecified atom stereocenters. The van der Waals surface area contributed by atoms with Crippen LogP contribution in [0.2, 0.25) is 0 Å². The zero-order valence-corrected chi connectivity index (χ0v) is 12.9. The third-order valence-electron chi connectivity index (χ3n) is 4.20. The van der Waals surface area contributed by atoms with E-state index in [0.717, 1.165) is 31.1 Å². The van der Waals surface area contributed by atoms with E-state index in [4.69, 9.17) is 4.74 Å². The summed E-state index contributed by atoms with van der Waals surface area (Å²) < 4.78 is 5.19. The molecule has 0 radical (unpaired) electrons. The highest BCUT2D eigenvalue weighted by Crippen LogP contribution is 2.32. The minimum absolute atomic E-state index is 0.0743. The number of rotatable bonds is 6. The first-order chi connectivity index (χ1) is 10.0. The maximum atomic E-state index is 10.9. The van der Waals surface area contributed by atoms with Crippen LogP contribution in [0.5, 0.6) is 0 Å². The van der Waals surface area contributed by atoms with Crippen LogP contribution in [0, 0.1) is 23.0 Å². The zero-order valence-electron chi connectivity index (χ0n) is 12.9. The van der Waals surface area contributed by atoms with Crippen LogP contribution in [0.25, 0.3) is 0 Å². The number of hydrogen-bond acceptors (Lipinski definition) is 5. The van der Waals surface area contributed by atoms with Crippen LogP contribution in [-0.4, -0.2) is 36.2 Å². The SMILES string of the molecule is COCCN(c1cc(C)c([N+](=O)[O-])cn1)C1CCC(C)C1. The molecule has 6 heteroatoms. The molecule has 0 saturated heterocycles. The second kappa shape index (κ2) is 6.85. The highest BCUT2D eigenvalue weighted by molar-refractivity contribution is 5.49. The highest BCUT2D eigenvalue weighted by atomic mass is 16.6. The van der Waals surface area contributed by atoms with Gasteiger partial charge in [-0.25, -0.2) is 4.98 Å². The van der Waals surface area contributed by atoms with Gasteiger partial charge in [-0.05, 0) is 38.2 Å². The summed E-state index contributed by atoms with van der Waals surface area (Å²) in [6.07, 6.45) is 4.87. The van der Waals surface area contributed by atoms with Gasteiger partial charge in [0.25, 0.3) is 5.69 Å². The first-order valence-corrected chi connectivity index (χ1v) is 7.39. The molecule has 1 aromatic rings. The quantitative estimate of drug-likeness (QED) is 0.596. The Morgan fingerprint density at radius 2 is 2.29 bits per heavy atom. The number of ether oxygens (including phenoxy) is 1. The lowest BCUT2D eigenvalue weighted by atomic mass is 10.1. The van der Waals surface area contributed by atoms with E-state index in [2.05, 4.69) is 16.8 Å². The lowest BCUT2D eigenvalue weighted by Gasteiger charge is -2.30. The fourth-order valence-electron chi connectivity index (χ4n) is 3.02. The molecule has 1 saturated carbocycles. The van der Waals surface area contributed by atoms with E-state index in [-0.39, 0.29) is 10.6 Å². The van der Waals surface area contributed by atoms with Gasteiger partial charge in [0.1, 0.15) is 12.0 Å². The maximum Gasteiger partial charge on any atom is 0.290 e. The Morgan fingerprint density at radius 3 is 2.81 bits per heavy atom. The molecule has 1 aromatic heterocycles. The predicted molar refractivity (Wildman–Crippen MR) is 81.7 cm³/mol. The van der Waals surface area contributed by atoms with Crippen LogP contribution < -0.4 is 4.90 Å². The van der Waals surface area contributed by atoms with Crippen molar-refractivity contribution in [2.45, 2.75) is 39.2 Å². The molecule has 0 spiro atoms. The summed E-state index contributed by atoms with van der Waals surface area (Å²) >= 11 is 0. The van der Waals surface area contributed by atoms with Crippen LogP contribution in [0.1, 0.15) is 31.7 Å². The number of methoxy groups -OCH3 is 1. The predicted octanol–water partition coefficient (Wildman–Crippen LogP) is 2.94. The van der Waals surface area contributed by atoms with E-state index in [1.54, 1.807) is 14.0 Å². The van der Waals surface area contributed by atoms with Gasteiger partial charge in [-0.3, -0.25) is 10.1 Å². The first-order valence-electron chi connectivity index (χ1n) is 7.39. The van der Waals surface area contributed by atoms with Gasteiger partial charge in [-0.1, -0.05) is 6.92 Å². The van der Waals surface area contributed by atoms with E-state index in [1.807, 2.05) is 6.07 Å². The lowest BCUT2D eigenvalue weighted by molar-refractivity contribution is -0.385. The van der Waals surface area contributed by atoms with Crippen molar-refractivity contribution in [2.24, 2.45) is 5.92 Å². The van der Waals surface area contributed by atoms with Crippen molar-refractivity contribution in [3.05, 3.63) is 27.9 Å². The molecular formula is C15H23N3O3. The maximum absolute atomic E-state index is 10.9. The van der Waals surface area contributed by atoms with Crippen molar-refractivity contribution < 1.29 is 9.66 Å². The van der Waals surface area contributed by atoms with Gasteiger partial charge in [0.05, 0.1) is 11.5 Å². The van der Waals surface area contributed by atoms with Crippen molar-refractivity contribution in [3.63, 3.8) is 0 Å². The van der Waals surface area contributed by atoms with Crippen molar-refractivity contribution in [3.8, 4) is 0 Å². The van der Waals surface area contributed by atoms with E-state index >= 15 is 0 Å². The third-order valence-corrected chi connectivity index (χ3v) is 4.20. The normalized spacial score (nSPS) is 21.5. The standard InChI is InChI=1S/C15H23N3O3/c1-11-4-5-13(8-11)17(6-7-21-3)15-9-12(2)14(10-16-15)18(19)20/h9-11,13H,4-8H2,1-3H3. The molecule has 21 heavy (non-hydrogen) atoms. The van der Waals surface area contributed by atoms with E-state index in [9.17, 15) is 10.1 Å². The van der Waals surface area contributed by atoms with Crippen LogP contribution in [-0.2, 0) is 4.74 Å². The Morgan fingerprint density at radius 1 is 1.52 bits per heavy atom. The second-order valence-electron chi connectivity index (χ2n) is 5.84. The molecular weight excluding hydrogens is 270 g/mol. The minimum atomic E-state index is -0.386. The molecule has 0 N–H and O–H groups in total. The van der Waals surface area contributed by atoms with E-state index in [0.29, 0.717) is 18.2 Å². The summed E-state index contributed by atoms with van der Waals surface area (Å²) in [6.45, 7) is 5.42. The molecule has 0 bridgehead atoms. The molecule has 6 nitrogen and oxygen atoms in total. The van der Waals surface area contributed by atoms with Gasteiger partial charge in [-0.2, -0.15) is 0 Å². The average molecular weight is 293 g/mol. The smallest absolute Gasteiger partial charge is 0.290 e. The topological polar surface area (TPSA) is 68.5 Å². The molecule has 1 aliphatic rings. The number of aromatic nitrogens is 1. The van der Waals surface area contributed by atoms with Crippen LogP contribution in [0.4, 0.5) is 11.5 Å². The fourth-order valence-corrected chi connectivity index (χ4v) is 3.02. The molecule has 0 aliphatic heterocycles. The van der Waals surface area contributed by atoms with Crippen molar-refractivity contribution >= 4 is 11.5 Å². The van der Waals surface area contributed by atoms with Gasteiger partial charge in [0, 0.05) is 25.3 Å². The molecule has 2 rings (SSSR count). The van der Waals surface area contributed by atoms with E-state index in [1.165, 1.54) is 12.6 Å². The first kappa shape index (κ1) is 15.7. The van der Waals surface area contributed by atoms with Crippen molar-refractivity contribution in [1.82, 2.24) is 4.98 Å². The highest BCUT2D eigenvalue weighted by Gasteiger charge is 2.28. The van der Waals surface area contributed by atoms with Gasteiger partial charge < -0.3 is 9.64 Å². The van der Waals surface area contributed by atoms with Gasteiger partial charge in [-0.15, -0.1) is 0 Å². The molecule has 0 aromatic carbocycles. The van der Waals surface area contributed by atoms with Gasteiger partial charge in [0.2, 0.25) is 0 Å². The molecule has 0 amide bonds. The Kier molecular flexibility index (Phi) is 5.12. The Hall–Kier alpha value is -1.69. The lowest BCUT2D eigenvalue weighted by Crippen LogP contribution is -2.37. The fraction of sp³-hybridized carbons (Fsp3) is 0.667. The molecule has 1 fully saturated rings. The van der Waals surface area contributed by atoms with Crippen molar-refractivity contribution in [2.75, 3.05) is 25.2 Å². The third kappa shape index (κ3) is 3.69. The number of anilines is 1. The number of pyridine rings is 1. The number of hydrogen-bond donors (Lipinski definition) is 0. The molecule has 2 atom stereocenters. The zero-order chi connectivity index (χ0) is 15.4. The molecule has 1 heterocycles. The Balaban J connectivity index is 2.23. The molecule has 1 aliphatic carbocycles. The largest absolute Gasteiger partial charge is 0.383 e. The summed E-state index contributed by atoms with van der Waals surface area (Å²) in [5.41, 5.74) is 0.726. The van der Waals surface area contributed by atoms with E-state index < -0.39 is 0 Å². The monoisotopic (exact) mass is 293 g/mol. The summed E-state index contributed by atoms with van der Waals surface area (Å²) in [6, 6.07) is 2.26. The minimum Gasteiger partial charge on any atom is -0.383 e.